The molecule has 90 valence electrons. The van der Waals surface area contributed by atoms with Crippen LogP contribution in [-0.4, -0.2) is 17.9 Å². The zero-order valence-corrected chi connectivity index (χ0v) is 11.5. The van der Waals surface area contributed by atoms with Crippen molar-refractivity contribution in [2.75, 3.05) is 12.8 Å². The van der Waals surface area contributed by atoms with Crippen LogP contribution in [0, 0.1) is 5.92 Å². The van der Waals surface area contributed by atoms with E-state index in [0.29, 0.717) is 12.5 Å². The van der Waals surface area contributed by atoms with Crippen LogP contribution in [0.4, 0.5) is 0 Å². The first-order valence-corrected chi connectivity index (χ1v) is 8.12. The predicted molar refractivity (Wildman–Crippen MR) is 65.8 cm³/mol. The molecule has 1 heterocycles. The van der Waals surface area contributed by atoms with Crippen LogP contribution >= 0.6 is 7.37 Å². The van der Waals surface area contributed by atoms with Gasteiger partial charge < -0.3 is 4.52 Å². The van der Waals surface area contributed by atoms with Crippen molar-refractivity contribution in [1.29, 1.82) is 0 Å². The molecular weight excluding hydrogens is 207 g/mol. The molecule has 1 rings (SSSR count). The van der Waals surface area contributed by atoms with Gasteiger partial charge in [0.2, 0.25) is 7.37 Å². The van der Waals surface area contributed by atoms with Crippen LogP contribution in [0.3, 0.4) is 0 Å². The molecule has 0 radical (unpaired) electrons. The number of rotatable bonds is 7. The van der Waals surface area contributed by atoms with Gasteiger partial charge in [-0.2, -0.15) is 0 Å². The number of hydrogen-bond donors (Lipinski definition) is 0. The lowest BCUT2D eigenvalue weighted by atomic mass is 10.1. The van der Waals surface area contributed by atoms with Gasteiger partial charge >= 0.3 is 0 Å². The molecule has 0 aromatic heterocycles. The molecule has 0 N–H and O–H groups in total. The Morgan fingerprint density at radius 2 is 1.73 bits per heavy atom. The van der Waals surface area contributed by atoms with Gasteiger partial charge in [-0.3, -0.25) is 4.57 Å². The van der Waals surface area contributed by atoms with Crippen molar-refractivity contribution in [2.45, 2.75) is 58.5 Å². The fourth-order valence-corrected chi connectivity index (χ4v) is 5.52. The third-order valence-corrected chi connectivity index (χ3v) is 7.55. The van der Waals surface area contributed by atoms with Gasteiger partial charge in [-0.15, -0.1) is 0 Å². The lowest BCUT2D eigenvalue weighted by Crippen LogP contribution is -2.09. The van der Waals surface area contributed by atoms with Crippen LogP contribution in [0.15, 0.2) is 0 Å². The van der Waals surface area contributed by atoms with Crippen molar-refractivity contribution in [3.8, 4) is 0 Å². The van der Waals surface area contributed by atoms with Gasteiger partial charge in [0, 0.05) is 6.16 Å². The summed E-state index contributed by atoms with van der Waals surface area (Å²) in [5, 5.41) is 0.0546. The molecule has 0 bridgehead atoms. The normalized spacial score (nSPS) is 28.3. The van der Waals surface area contributed by atoms with Crippen LogP contribution in [0.1, 0.15) is 53.4 Å². The molecule has 3 heteroatoms. The highest BCUT2D eigenvalue weighted by Crippen LogP contribution is 2.79. The van der Waals surface area contributed by atoms with E-state index >= 15 is 0 Å². The quantitative estimate of drug-likeness (QED) is 0.612. The van der Waals surface area contributed by atoms with Crippen molar-refractivity contribution in [3.63, 3.8) is 0 Å². The fourth-order valence-electron chi connectivity index (χ4n) is 2.24. The van der Waals surface area contributed by atoms with Gasteiger partial charge in [0.15, 0.2) is 0 Å². The molecular formula is C12H25O2P. The molecule has 1 aliphatic rings. The first-order chi connectivity index (χ1) is 7.07. The molecule has 0 aromatic carbocycles. The van der Waals surface area contributed by atoms with E-state index in [1.165, 1.54) is 0 Å². The van der Waals surface area contributed by atoms with Crippen LogP contribution in [0.5, 0.6) is 0 Å². The monoisotopic (exact) mass is 232 g/mol. The highest BCUT2D eigenvalue weighted by atomic mass is 31.2. The van der Waals surface area contributed by atoms with Crippen LogP contribution in [0.2, 0.25) is 0 Å². The average Bonchev–Trinajstić information content (AvgIpc) is 2.87. The smallest absolute Gasteiger partial charge is 0.210 e. The molecule has 1 aliphatic heterocycles. The Kier molecular flexibility index (Phi) is 4.43. The van der Waals surface area contributed by atoms with Gasteiger partial charge in [0.1, 0.15) is 0 Å². The molecule has 1 atom stereocenters. The maximum atomic E-state index is 12.4. The summed E-state index contributed by atoms with van der Waals surface area (Å²) in [6.07, 6.45) is 5.09. The summed E-state index contributed by atoms with van der Waals surface area (Å²) >= 11 is 0. The third-order valence-electron chi connectivity index (χ3n) is 4.11. The van der Waals surface area contributed by atoms with Crippen LogP contribution in [0.25, 0.3) is 0 Å². The molecule has 2 nitrogen and oxygen atoms in total. The summed E-state index contributed by atoms with van der Waals surface area (Å²) in [7, 11) is -2.24. The van der Waals surface area contributed by atoms with Gasteiger partial charge in [-0.1, -0.05) is 40.5 Å². The maximum Gasteiger partial charge on any atom is 0.210 e. The standard InChI is InChI=1S/C12H25O2P/c1-5-11(6-2)9-14-15(13)10-12(15,7-3)8-4/h11H,5-10H2,1-4H3. The highest BCUT2D eigenvalue weighted by Gasteiger charge is 2.63. The average molecular weight is 232 g/mol. The van der Waals surface area contributed by atoms with Crippen molar-refractivity contribution in [1.82, 2.24) is 0 Å². The Labute approximate surface area is 94.2 Å². The van der Waals surface area contributed by atoms with Crippen LogP contribution in [-0.2, 0) is 9.09 Å². The van der Waals surface area contributed by atoms with E-state index < -0.39 is 7.37 Å². The largest absolute Gasteiger partial charge is 0.328 e. The molecule has 0 spiro atoms. The van der Waals surface area contributed by atoms with Crippen molar-refractivity contribution < 1.29 is 9.09 Å². The molecule has 0 amide bonds. The predicted octanol–water partition coefficient (Wildman–Crippen LogP) is 4.29. The van der Waals surface area contributed by atoms with E-state index in [4.69, 9.17) is 4.52 Å². The van der Waals surface area contributed by atoms with Crippen molar-refractivity contribution >= 4 is 7.37 Å². The summed E-state index contributed by atoms with van der Waals surface area (Å²) in [6, 6.07) is 0. The minimum absolute atomic E-state index is 0.0546. The molecule has 0 saturated carbocycles. The van der Waals surface area contributed by atoms with E-state index in [9.17, 15) is 4.57 Å². The summed E-state index contributed by atoms with van der Waals surface area (Å²) in [5.74, 6) is 0.586. The fraction of sp³-hybridized carbons (Fsp3) is 1.00. The summed E-state index contributed by atoms with van der Waals surface area (Å²) in [5.41, 5.74) is 0. The first-order valence-electron chi connectivity index (χ1n) is 6.31. The minimum atomic E-state index is -2.24. The van der Waals surface area contributed by atoms with Crippen molar-refractivity contribution in [3.05, 3.63) is 0 Å². The van der Waals surface area contributed by atoms with E-state index in [2.05, 4.69) is 27.7 Å². The molecule has 0 aromatic rings. The zero-order valence-electron chi connectivity index (χ0n) is 10.6. The summed E-state index contributed by atoms with van der Waals surface area (Å²) in [4.78, 5) is 0. The van der Waals surface area contributed by atoms with Crippen molar-refractivity contribution in [2.24, 2.45) is 5.92 Å². The van der Waals surface area contributed by atoms with E-state index in [-0.39, 0.29) is 5.16 Å². The second-order valence-corrected chi connectivity index (χ2v) is 7.61. The van der Waals surface area contributed by atoms with Gasteiger partial charge in [-0.25, -0.2) is 0 Å². The first kappa shape index (κ1) is 13.3. The van der Waals surface area contributed by atoms with Crippen LogP contribution < -0.4 is 0 Å². The summed E-state index contributed by atoms with van der Waals surface area (Å²) in [6.45, 7) is 9.31. The van der Waals surface area contributed by atoms with E-state index in [0.717, 1.165) is 31.8 Å². The Morgan fingerprint density at radius 3 is 2.07 bits per heavy atom. The zero-order chi connectivity index (χ0) is 11.5. The summed E-state index contributed by atoms with van der Waals surface area (Å²) < 4.78 is 18.1. The van der Waals surface area contributed by atoms with E-state index in [1.807, 2.05) is 0 Å². The highest BCUT2D eigenvalue weighted by molar-refractivity contribution is 7.68. The second-order valence-electron chi connectivity index (χ2n) is 4.74. The third kappa shape index (κ3) is 2.47. The molecule has 1 fully saturated rings. The maximum absolute atomic E-state index is 12.4. The number of hydrogen-bond acceptors (Lipinski definition) is 2. The lowest BCUT2D eigenvalue weighted by molar-refractivity contribution is 0.246. The molecule has 0 aliphatic carbocycles. The molecule has 15 heavy (non-hydrogen) atoms. The molecule has 1 saturated heterocycles. The minimum Gasteiger partial charge on any atom is -0.328 e. The van der Waals surface area contributed by atoms with E-state index in [1.54, 1.807) is 0 Å². The Bertz CT molecular complexity index is 242. The Balaban J connectivity index is 2.44. The van der Waals surface area contributed by atoms with Gasteiger partial charge in [-0.05, 0) is 18.8 Å². The van der Waals surface area contributed by atoms with Gasteiger partial charge in [0.25, 0.3) is 0 Å². The topological polar surface area (TPSA) is 26.3 Å². The second kappa shape index (κ2) is 5.01. The Hall–Kier alpha value is 0.190. The van der Waals surface area contributed by atoms with Gasteiger partial charge in [0.05, 0.1) is 11.8 Å². The SMILES string of the molecule is CCC(CC)COP1(=O)CC1(CC)CC. The Morgan fingerprint density at radius 1 is 1.20 bits per heavy atom. The lowest BCUT2D eigenvalue weighted by Gasteiger charge is -2.15. The molecule has 1 unspecified atom stereocenters.